The minimum absolute atomic E-state index is 0.102. The average Bonchev–Trinajstić information content (AvgIpc) is 3.58. The summed E-state index contributed by atoms with van der Waals surface area (Å²) in [5, 5.41) is 16.5. The van der Waals surface area contributed by atoms with E-state index >= 15 is 0 Å². The lowest BCUT2D eigenvalue weighted by Gasteiger charge is -2.20. The first-order valence-electron chi connectivity index (χ1n) is 15.7. The second-order valence-electron chi connectivity index (χ2n) is 12.4. The number of carbonyl (C=O) groups excluding carboxylic acids is 1. The van der Waals surface area contributed by atoms with Crippen molar-refractivity contribution in [2.75, 3.05) is 13.2 Å². The molecule has 1 aliphatic heterocycles. The maximum Gasteiger partial charge on any atom is 0.339 e. The number of halogens is 2. The minimum atomic E-state index is -1.06. The number of carboxylic acids is 1. The summed E-state index contributed by atoms with van der Waals surface area (Å²) in [5.74, 6) is 0.326. The van der Waals surface area contributed by atoms with Gasteiger partial charge in [-0.1, -0.05) is 29.3 Å². The van der Waals surface area contributed by atoms with Crippen LogP contribution in [0, 0.1) is 34.6 Å². The number of aryl methyl sites for hydroxylation is 7. The van der Waals surface area contributed by atoms with E-state index in [2.05, 4.69) is 9.67 Å². The summed E-state index contributed by atoms with van der Waals surface area (Å²) >= 11 is 13.4. The highest BCUT2D eigenvalue weighted by molar-refractivity contribution is 6.35. The van der Waals surface area contributed by atoms with Gasteiger partial charge in [-0.05, 0) is 94.8 Å². The van der Waals surface area contributed by atoms with E-state index in [1.807, 2.05) is 63.7 Å². The molecule has 0 saturated heterocycles. The van der Waals surface area contributed by atoms with E-state index in [1.165, 1.54) is 6.07 Å². The second kappa shape index (κ2) is 12.8. The largest absolute Gasteiger partial charge is 0.494 e. The van der Waals surface area contributed by atoms with E-state index < -0.39 is 5.97 Å². The SMILES string of the molecule is Cc1cc(OCCCc2c3n(c4c(-c5c(C)nn(C)c5C)c(Cl)ccc24)CCCN(Cc2cc(C(=O)O)c(C)o2)C3=O)cc(C)c1Cl. The van der Waals surface area contributed by atoms with Crippen LogP contribution in [-0.2, 0) is 26.6 Å². The van der Waals surface area contributed by atoms with Gasteiger partial charge in [0.15, 0.2) is 0 Å². The maximum absolute atomic E-state index is 14.5. The Morgan fingerprint density at radius 3 is 2.40 bits per heavy atom. The number of hydrogen-bond acceptors (Lipinski definition) is 5. The highest BCUT2D eigenvalue weighted by atomic mass is 35.5. The lowest BCUT2D eigenvalue weighted by molar-refractivity contribution is 0.0693. The Hall–Kier alpha value is -4.21. The van der Waals surface area contributed by atoms with Gasteiger partial charge in [0.05, 0.1) is 29.4 Å². The molecule has 0 radical (unpaired) electrons. The van der Waals surface area contributed by atoms with Crippen molar-refractivity contribution in [3.05, 3.63) is 91.2 Å². The molecule has 5 aromatic rings. The van der Waals surface area contributed by atoms with E-state index in [0.717, 1.165) is 60.9 Å². The number of furan rings is 1. The van der Waals surface area contributed by atoms with Gasteiger partial charge in [-0.25, -0.2) is 4.79 Å². The van der Waals surface area contributed by atoms with Crippen LogP contribution in [0.5, 0.6) is 5.75 Å². The van der Waals surface area contributed by atoms with Crippen molar-refractivity contribution < 1.29 is 23.8 Å². The molecule has 47 heavy (non-hydrogen) atoms. The molecule has 0 fully saturated rings. The molecular formula is C36H38Cl2N4O5. The van der Waals surface area contributed by atoms with E-state index in [-0.39, 0.29) is 18.0 Å². The molecule has 0 aliphatic carbocycles. The number of amides is 1. The number of ether oxygens (including phenoxy) is 1. The fourth-order valence-electron chi connectivity index (χ4n) is 6.86. The normalized spacial score (nSPS) is 13.4. The molecule has 0 saturated carbocycles. The van der Waals surface area contributed by atoms with Crippen LogP contribution in [0.25, 0.3) is 22.0 Å². The summed E-state index contributed by atoms with van der Waals surface area (Å²) in [7, 11) is 1.92. The maximum atomic E-state index is 14.5. The van der Waals surface area contributed by atoms with Gasteiger partial charge in [-0.2, -0.15) is 5.10 Å². The molecule has 4 heterocycles. The van der Waals surface area contributed by atoms with Crippen LogP contribution in [0.2, 0.25) is 10.0 Å². The molecule has 1 aliphatic rings. The summed E-state index contributed by atoms with van der Waals surface area (Å²) in [6.07, 6.45) is 1.96. The van der Waals surface area contributed by atoms with Gasteiger partial charge in [0, 0.05) is 47.4 Å². The Balaban J connectivity index is 1.43. The van der Waals surface area contributed by atoms with Crippen LogP contribution >= 0.6 is 23.2 Å². The Kier molecular flexibility index (Phi) is 8.89. The molecule has 0 atom stereocenters. The predicted molar refractivity (Wildman–Crippen MR) is 183 cm³/mol. The number of hydrogen-bond donors (Lipinski definition) is 1. The van der Waals surface area contributed by atoms with Gasteiger partial charge >= 0.3 is 5.97 Å². The van der Waals surface area contributed by atoms with Crippen LogP contribution in [0.1, 0.15) is 73.3 Å². The first-order chi connectivity index (χ1) is 22.4. The van der Waals surface area contributed by atoms with Crippen molar-refractivity contribution in [2.24, 2.45) is 7.05 Å². The lowest BCUT2D eigenvalue weighted by Crippen LogP contribution is -2.31. The Morgan fingerprint density at radius 2 is 1.77 bits per heavy atom. The van der Waals surface area contributed by atoms with E-state index in [0.29, 0.717) is 61.2 Å². The molecule has 0 unspecified atom stereocenters. The minimum Gasteiger partial charge on any atom is -0.494 e. The van der Waals surface area contributed by atoms with Crippen molar-refractivity contribution in [3.8, 4) is 16.9 Å². The number of carboxylic acid groups (broad SMARTS) is 1. The van der Waals surface area contributed by atoms with Crippen molar-refractivity contribution in [1.29, 1.82) is 0 Å². The van der Waals surface area contributed by atoms with Crippen LogP contribution in [0.3, 0.4) is 0 Å². The highest BCUT2D eigenvalue weighted by Crippen LogP contribution is 2.43. The number of aromatic carboxylic acids is 1. The molecule has 0 bridgehead atoms. The lowest BCUT2D eigenvalue weighted by atomic mass is 9.98. The van der Waals surface area contributed by atoms with E-state index in [4.69, 9.17) is 32.4 Å². The third-order valence-electron chi connectivity index (χ3n) is 9.13. The van der Waals surface area contributed by atoms with Gasteiger partial charge in [-0.15, -0.1) is 0 Å². The zero-order chi connectivity index (χ0) is 33.7. The third-order valence-corrected chi connectivity index (χ3v) is 10.0. The Bertz CT molecular complexity index is 2030. The van der Waals surface area contributed by atoms with Crippen LogP contribution < -0.4 is 4.74 Å². The zero-order valence-corrected chi connectivity index (χ0v) is 29.0. The van der Waals surface area contributed by atoms with Crippen molar-refractivity contribution in [1.82, 2.24) is 19.2 Å². The van der Waals surface area contributed by atoms with Crippen LogP contribution in [0.4, 0.5) is 0 Å². The Morgan fingerprint density at radius 1 is 1.04 bits per heavy atom. The topological polar surface area (TPSA) is 103 Å². The molecule has 1 N–H and O–H groups in total. The molecule has 9 nitrogen and oxygen atoms in total. The first kappa shape index (κ1) is 32.7. The van der Waals surface area contributed by atoms with Crippen molar-refractivity contribution in [2.45, 2.75) is 67.0 Å². The molecular weight excluding hydrogens is 639 g/mol. The van der Waals surface area contributed by atoms with Gasteiger partial charge in [0.25, 0.3) is 5.91 Å². The van der Waals surface area contributed by atoms with Crippen molar-refractivity contribution in [3.63, 3.8) is 0 Å². The number of rotatable bonds is 9. The molecule has 0 spiro atoms. The summed E-state index contributed by atoms with van der Waals surface area (Å²) in [6.45, 7) is 11.3. The first-order valence-corrected chi connectivity index (χ1v) is 16.5. The second-order valence-corrected chi connectivity index (χ2v) is 13.1. The number of benzene rings is 2. The Labute approximate surface area is 283 Å². The highest BCUT2D eigenvalue weighted by Gasteiger charge is 2.32. The zero-order valence-electron chi connectivity index (χ0n) is 27.5. The number of fused-ring (bicyclic) bond motifs is 3. The molecule has 11 heteroatoms. The van der Waals surface area contributed by atoms with Gasteiger partial charge < -0.3 is 23.7 Å². The van der Waals surface area contributed by atoms with Crippen LogP contribution in [0.15, 0.2) is 34.7 Å². The summed E-state index contributed by atoms with van der Waals surface area (Å²) in [4.78, 5) is 28.0. The van der Waals surface area contributed by atoms with Gasteiger partial charge in [-0.3, -0.25) is 9.48 Å². The fourth-order valence-corrected chi connectivity index (χ4v) is 7.22. The molecule has 2 aromatic carbocycles. The molecule has 6 rings (SSSR count). The van der Waals surface area contributed by atoms with Crippen molar-refractivity contribution >= 4 is 46.0 Å². The predicted octanol–water partition coefficient (Wildman–Crippen LogP) is 8.24. The summed E-state index contributed by atoms with van der Waals surface area (Å²) in [6, 6.07) is 9.31. The number of nitrogens with zero attached hydrogens (tertiary/aromatic N) is 4. The summed E-state index contributed by atoms with van der Waals surface area (Å²) < 4.78 is 15.9. The standard InChI is InChI=1S/C36H38Cl2N4O5/c1-19-15-24(16-20(2)32(19)38)46-14-7-9-26-27-10-11-29(37)31(30-21(3)39-40(6)22(30)4)33(27)42-13-8-12-41(35(43)34(26)42)18-25-17-28(36(44)45)23(5)47-25/h10-11,15-17H,7-9,12-14,18H2,1-6H3,(H,44,45). The number of carbonyl (C=O) groups is 2. The fraction of sp³-hybridized carbons (Fsp3) is 0.361. The quantitative estimate of drug-likeness (QED) is 0.158. The smallest absolute Gasteiger partial charge is 0.339 e. The number of aromatic nitrogens is 3. The van der Waals surface area contributed by atoms with Gasteiger partial charge in [0.2, 0.25) is 0 Å². The molecule has 3 aromatic heterocycles. The average molecular weight is 678 g/mol. The van der Waals surface area contributed by atoms with E-state index in [1.54, 1.807) is 11.8 Å². The van der Waals surface area contributed by atoms with Crippen LogP contribution in [-0.4, -0.2) is 49.4 Å². The molecule has 246 valence electrons. The molecule has 1 amide bonds. The monoisotopic (exact) mass is 676 g/mol. The van der Waals surface area contributed by atoms with Gasteiger partial charge in [0.1, 0.15) is 28.5 Å². The third kappa shape index (κ3) is 5.91. The van der Waals surface area contributed by atoms with E-state index in [9.17, 15) is 14.7 Å². The summed E-state index contributed by atoms with van der Waals surface area (Å²) in [5.41, 5.74) is 8.18.